The maximum Gasteiger partial charge on any atom is 0.0886 e. The lowest BCUT2D eigenvalue weighted by Gasteiger charge is -2.28. The Hall–Kier alpha value is -1.68. The number of aryl methyl sites for hydroxylation is 1. The Balaban J connectivity index is 1.94. The predicted molar refractivity (Wildman–Crippen MR) is 80.3 cm³/mol. The molecule has 0 N–H and O–H groups in total. The molecule has 0 aromatic carbocycles. The van der Waals surface area contributed by atoms with E-state index in [1.807, 2.05) is 24.0 Å². The summed E-state index contributed by atoms with van der Waals surface area (Å²) in [5, 5.41) is 4.23. The molecule has 2 aromatic heterocycles. The summed E-state index contributed by atoms with van der Waals surface area (Å²) in [5.74, 6) is 0. The maximum absolute atomic E-state index is 4.89. The second-order valence-electron chi connectivity index (χ2n) is 5.78. The largest absolute Gasteiger partial charge is 0.292 e. The van der Waals surface area contributed by atoms with Gasteiger partial charge in [0.1, 0.15) is 0 Å². The van der Waals surface area contributed by atoms with Crippen molar-refractivity contribution in [1.82, 2.24) is 19.7 Å². The molecule has 3 rings (SSSR count). The lowest BCUT2D eigenvalue weighted by Crippen LogP contribution is -2.30. The molecule has 1 aliphatic rings. The van der Waals surface area contributed by atoms with E-state index in [9.17, 15) is 0 Å². The first-order valence-electron chi connectivity index (χ1n) is 7.38. The van der Waals surface area contributed by atoms with Crippen molar-refractivity contribution in [3.8, 4) is 11.4 Å². The van der Waals surface area contributed by atoms with E-state index >= 15 is 0 Å². The standard InChI is InChI=1S/C16H22N4/c1-12(2)20-11-5-8-16(20)14-7-4-6-13(18-14)15-9-10-17-19(15)3/h4,6-7,9-10,12,16H,5,8,11H2,1-3H3/t16-/m1/s1. The van der Waals surface area contributed by atoms with Crippen molar-refractivity contribution in [2.24, 2.45) is 7.05 Å². The molecule has 4 nitrogen and oxygen atoms in total. The van der Waals surface area contributed by atoms with Gasteiger partial charge in [-0.2, -0.15) is 5.10 Å². The molecule has 20 heavy (non-hydrogen) atoms. The highest BCUT2D eigenvalue weighted by molar-refractivity contribution is 5.54. The minimum atomic E-state index is 0.461. The lowest BCUT2D eigenvalue weighted by molar-refractivity contribution is 0.202. The zero-order valence-electron chi connectivity index (χ0n) is 12.5. The summed E-state index contributed by atoms with van der Waals surface area (Å²) in [7, 11) is 1.96. The first-order chi connectivity index (χ1) is 9.66. The topological polar surface area (TPSA) is 34.0 Å². The van der Waals surface area contributed by atoms with Gasteiger partial charge in [-0.3, -0.25) is 9.58 Å². The fourth-order valence-electron chi connectivity index (χ4n) is 3.13. The molecule has 1 atom stereocenters. The highest BCUT2D eigenvalue weighted by atomic mass is 15.3. The van der Waals surface area contributed by atoms with Gasteiger partial charge in [0.2, 0.25) is 0 Å². The number of rotatable bonds is 3. The van der Waals surface area contributed by atoms with Crippen LogP contribution in [0.1, 0.15) is 38.4 Å². The van der Waals surface area contributed by atoms with E-state index in [2.05, 4.69) is 42.0 Å². The van der Waals surface area contributed by atoms with Gasteiger partial charge in [0.05, 0.1) is 23.1 Å². The van der Waals surface area contributed by atoms with Crippen LogP contribution in [0, 0.1) is 0 Å². The van der Waals surface area contributed by atoms with Crippen LogP contribution in [0.25, 0.3) is 11.4 Å². The monoisotopic (exact) mass is 270 g/mol. The minimum Gasteiger partial charge on any atom is -0.292 e. The SMILES string of the molecule is CC(C)N1CCC[C@@H]1c1cccc(-c2ccnn2C)n1. The van der Waals surface area contributed by atoms with E-state index in [1.165, 1.54) is 25.1 Å². The fourth-order valence-corrected chi connectivity index (χ4v) is 3.13. The molecule has 0 bridgehead atoms. The van der Waals surface area contributed by atoms with Crippen molar-refractivity contribution in [1.29, 1.82) is 0 Å². The highest BCUT2D eigenvalue weighted by Crippen LogP contribution is 2.33. The smallest absolute Gasteiger partial charge is 0.0886 e. The van der Waals surface area contributed by atoms with Crippen molar-refractivity contribution >= 4 is 0 Å². The van der Waals surface area contributed by atoms with Crippen LogP contribution in [0.3, 0.4) is 0 Å². The predicted octanol–water partition coefficient (Wildman–Crippen LogP) is 3.03. The lowest BCUT2D eigenvalue weighted by atomic mass is 10.1. The molecule has 0 saturated carbocycles. The average Bonchev–Trinajstić information content (AvgIpc) is 3.07. The van der Waals surface area contributed by atoms with Crippen molar-refractivity contribution in [3.05, 3.63) is 36.2 Å². The molecule has 0 spiro atoms. The van der Waals surface area contributed by atoms with Gasteiger partial charge in [-0.05, 0) is 51.4 Å². The molecular weight excluding hydrogens is 248 g/mol. The average molecular weight is 270 g/mol. The van der Waals surface area contributed by atoms with Crippen molar-refractivity contribution < 1.29 is 0 Å². The molecule has 0 aliphatic carbocycles. The van der Waals surface area contributed by atoms with Crippen LogP contribution in [-0.2, 0) is 7.05 Å². The molecule has 0 amide bonds. The number of pyridine rings is 1. The first-order valence-corrected chi connectivity index (χ1v) is 7.38. The Morgan fingerprint density at radius 2 is 2.10 bits per heavy atom. The zero-order valence-corrected chi connectivity index (χ0v) is 12.5. The van der Waals surface area contributed by atoms with Gasteiger partial charge in [0.15, 0.2) is 0 Å². The molecule has 4 heteroatoms. The quantitative estimate of drug-likeness (QED) is 0.859. The summed E-state index contributed by atoms with van der Waals surface area (Å²) in [6.07, 6.45) is 4.29. The van der Waals surface area contributed by atoms with Crippen molar-refractivity contribution in [3.63, 3.8) is 0 Å². The van der Waals surface area contributed by atoms with Crippen molar-refractivity contribution in [2.75, 3.05) is 6.54 Å². The third-order valence-electron chi connectivity index (χ3n) is 4.15. The number of likely N-dealkylation sites (tertiary alicyclic amines) is 1. The van der Waals surface area contributed by atoms with Crippen LogP contribution >= 0.6 is 0 Å². The molecule has 2 aromatic rings. The summed E-state index contributed by atoms with van der Waals surface area (Å²) in [4.78, 5) is 7.44. The zero-order chi connectivity index (χ0) is 14.1. The van der Waals surface area contributed by atoms with Gasteiger partial charge in [-0.15, -0.1) is 0 Å². The van der Waals surface area contributed by atoms with Crippen LogP contribution in [0.4, 0.5) is 0 Å². The number of nitrogens with zero attached hydrogens (tertiary/aromatic N) is 4. The van der Waals surface area contributed by atoms with Crippen LogP contribution in [-0.4, -0.2) is 32.3 Å². The van der Waals surface area contributed by atoms with E-state index in [-0.39, 0.29) is 0 Å². The first kappa shape index (κ1) is 13.3. The van der Waals surface area contributed by atoms with Crippen LogP contribution < -0.4 is 0 Å². The fraction of sp³-hybridized carbons (Fsp3) is 0.500. The van der Waals surface area contributed by atoms with Crippen LogP contribution in [0.5, 0.6) is 0 Å². The van der Waals surface area contributed by atoms with E-state index in [0.29, 0.717) is 12.1 Å². The highest BCUT2D eigenvalue weighted by Gasteiger charge is 2.28. The van der Waals surface area contributed by atoms with Crippen LogP contribution in [0.2, 0.25) is 0 Å². The molecule has 1 aliphatic heterocycles. The summed E-state index contributed by atoms with van der Waals surface area (Å²) in [5.41, 5.74) is 3.27. The summed E-state index contributed by atoms with van der Waals surface area (Å²) >= 11 is 0. The Bertz CT molecular complexity index is 588. The van der Waals surface area contributed by atoms with E-state index in [1.54, 1.807) is 0 Å². The molecule has 0 radical (unpaired) electrons. The second kappa shape index (κ2) is 5.37. The summed E-state index contributed by atoms with van der Waals surface area (Å²) < 4.78 is 1.88. The Kier molecular flexibility index (Phi) is 3.57. The third kappa shape index (κ3) is 2.36. The van der Waals surface area contributed by atoms with E-state index < -0.39 is 0 Å². The minimum absolute atomic E-state index is 0.461. The Morgan fingerprint density at radius 3 is 2.80 bits per heavy atom. The van der Waals surface area contributed by atoms with E-state index in [0.717, 1.165) is 11.4 Å². The maximum atomic E-state index is 4.89. The van der Waals surface area contributed by atoms with Gasteiger partial charge < -0.3 is 0 Å². The molecule has 106 valence electrons. The summed E-state index contributed by atoms with van der Waals surface area (Å²) in [6.45, 7) is 5.71. The third-order valence-corrected chi connectivity index (χ3v) is 4.15. The van der Waals surface area contributed by atoms with Gasteiger partial charge >= 0.3 is 0 Å². The van der Waals surface area contributed by atoms with Gasteiger partial charge in [0, 0.05) is 19.3 Å². The van der Waals surface area contributed by atoms with Crippen molar-refractivity contribution in [2.45, 2.75) is 38.8 Å². The number of aromatic nitrogens is 3. The number of hydrogen-bond acceptors (Lipinski definition) is 3. The molecule has 0 unspecified atom stereocenters. The summed E-state index contributed by atoms with van der Waals surface area (Å²) in [6, 6.07) is 9.39. The normalized spacial score (nSPS) is 19.9. The Morgan fingerprint density at radius 1 is 1.25 bits per heavy atom. The molecule has 3 heterocycles. The van der Waals surface area contributed by atoms with Gasteiger partial charge in [0.25, 0.3) is 0 Å². The van der Waals surface area contributed by atoms with Gasteiger partial charge in [-0.25, -0.2) is 4.98 Å². The van der Waals surface area contributed by atoms with Gasteiger partial charge in [-0.1, -0.05) is 6.07 Å². The van der Waals surface area contributed by atoms with E-state index in [4.69, 9.17) is 4.98 Å². The molecule has 1 fully saturated rings. The van der Waals surface area contributed by atoms with Crippen LogP contribution in [0.15, 0.2) is 30.5 Å². The molecule has 1 saturated heterocycles. The number of hydrogen-bond donors (Lipinski definition) is 0. The second-order valence-corrected chi connectivity index (χ2v) is 5.78. The molecular formula is C16H22N4. The Labute approximate surface area is 120 Å².